The number of benzene rings is 3. The quantitative estimate of drug-likeness (QED) is 0.338. The Morgan fingerprint density at radius 1 is 0.522 bits per heavy atom. The molecule has 0 heterocycles. The Morgan fingerprint density at radius 3 is 1.17 bits per heavy atom. The Balaban J connectivity index is 2.29. The molecule has 0 fully saturated rings. The summed E-state index contributed by atoms with van der Waals surface area (Å²) in [6.07, 6.45) is 0. The molecule has 0 aliphatic heterocycles. The maximum atomic E-state index is 14.0. The summed E-state index contributed by atoms with van der Waals surface area (Å²) in [5.74, 6) is -2.91. The Morgan fingerprint density at radius 2 is 0.826 bits per heavy atom. The van der Waals surface area contributed by atoms with Gasteiger partial charge in [-0.3, -0.25) is 0 Å². The molecule has 0 aliphatic rings. The number of hydrogen-bond donors (Lipinski definition) is 0. The highest BCUT2D eigenvalue weighted by Gasteiger charge is 2.19. The first-order chi connectivity index (χ1) is 11.0. The van der Waals surface area contributed by atoms with Crippen molar-refractivity contribution in [3.05, 3.63) is 81.4 Å². The lowest BCUT2D eigenvalue weighted by Crippen LogP contribution is -1.97. The summed E-state index contributed by atoms with van der Waals surface area (Å²) in [4.78, 5) is 0. The Bertz CT molecular complexity index is 780. The molecule has 0 aromatic heterocycles. The van der Waals surface area contributed by atoms with Crippen molar-refractivity contribution in [1.82, 2.24) is 0 Å². The fraction of sp³-hybridized carbons (Fsp3) is 0. The summed E-state index contributed by atoms with van der Waals surface area (Å²) in [6.45, 7) is 0. The topological polar surface area (TPSA) is 0 Å². The van der Waals surface area contributed by atoms with Gasteiger partial charge in [-0.15, -0.1) is 0 Å². The monoisotopic (exact) mass is 428 g/mol. The van der Waals surface area contributed by atoms with Gasteiger partial charge < -0.3 is 0 Å². The molecular weight excluding hydrogens is 419 g/mol. The molecule has 0 N–H and O–H groups in total. The van der Waals surface area contributed by atoms with Crippen molar-refractivity contribution in [3.8, 4) is 22.3 Å². The van der Waals surface area contributed by atoms with Crippen LogP contribution in [-0.4, -0.2) is 0 Å². The summed E-state index contributed by atoms with van der Waals surface area (Å²) >= 11 is 1.85. The van der Waals surface area contributed by atoms with Crippen LogP contribution in [-0.2, 0) is 0 Å². The van der Waals surface area contributed by atoms with E-state index in [0.29, 0.717) is 3.57 Å². The van der Waals surface area contributed by atoms with Gasteiger partial charge in [0.25, 0.3) is 0 Å². The van der Waals surface area contributed by atoms with Gasteiger partial charge in [0.15, 0.2) is 0 Å². The molecule has 23 heavy (non-hydrogen) atoms. The molecule has 0 saturated carbocycles. The minimum atomic E-state index is -0.728. The van der Waals surface area contributed by atoms with E-state index in [2.05, 4.69) is 0 Å². The fourth-order valence-corrected chi connectivity index (χ4v) is 3.33. The van der Waals surface area contributed by atoms with Gasteiger partial charge in [-0.2, -0.15) is 0 Å². The Labute approximate surface area is 143 Å². The minimum Gasteiger partial charge on any atom is -0.206 e. The SMILES string of the molecule is Fc1cccc(F)c1-c1cccc(-c2c(F)cccc2F)c1I. The first-order valence-electron chi connectivity index (χ1n) is 6.68. The summed E-state index contributed by atoms with van der Waals surface area (Å²) in [5, 5.41) is 0. The van der Waals surface area contributed by atoms with Crippen molar-refractivity contribution in [2.45, 2.75) is 0 Å². The van der Waals surface area contributed by atoms with Crippen LogP contribution < -0.4 is 0 Å². The predicted octanol–water partition coefficient (Wildman–Crippen LogP) is 6.18. The summed E-state index contributed by atoms with van der Waals surface area (Å²) in [6, 6.07) is 11.7. The van der Waals surface area contributed by atoms with Gasteiger partial charge in [0.1, 0.15) is 23.3 Å². The maximum absolute atomic E-state index is 14.0. The van der Waals surface area contributed by atoms with Gasteiger partial charge in [-0.1, -0.05) is 30.3 Å². The highest BCUT2D eigenvalue weighted by Crippen LogP contribution is 2.37. The molecule has 0 radical (unpaired) electrons. The second kappa shape index (κ2) is 6.31. The van der Waals surface area contributed by atoms with Gasteiger partial charge in [-0.25, -0.2) is 17.6 Å². The highest BCUT2D eigenvalue weighted by atomic mass is 127. The lowest BCUT2D eigenvalue weighted by atomic mass is 9.98. The van der Waals surface area contributed by atoms with Crippen molar-refractivity contribution in [2.75, 3.05) is 0 Å². The van der Waals surface area contributed by atoms with Gasteiger partial charge in [-0.05, 0) is 46.9 Å². The minimum absolute atomic E-state index is 0.213. The van der Waals surface area contributed by atoms with Crippen molar-refractivity contribution >= 4 is 22.6 Å². The van der Waals surface area contributed by atoms with Crippen LogP contribution in [0.3, 0.4) is 0 Å². The molecule has 3 rings (SSSR count). The second-order valence-corrected chi connectivity index (χ2v) is 5.94. The van der Waals surface area contributed by atoms with E-state index < -0.39 is 23.3 Å². The van der Waals surface area contributed by atoms with E-state index in [4.69, 9.17) is 0 Å². The van der Waals surface area contributed by atoms with E-state index in [9.17, 15) is 17.6 Å². The summed E-state index contributed by atoms with van der Waals surface area (Å²) in [5.41, 5.74) is 0.0775. The predicted molar refractivity (Wildman–Crippen MR) is 89.9 cm³/mol. The van der Waals surface area contributed by atoms with Gasteiger partial charge in [0, 0.05) is 14.7 Å². The van der Waals surface area contributed by atoms with E-state index in [1.807, 2.05) is 22.6 Å². The molecule has 0 atom stereocenters. The Kier molecular flexibility index (Phi) is 4.39. The third-order valence-corrected chi connectivity index (χ3v) is 4.63. The van der Waals surface area contributed by atoms with Gasteiger partial charge in [0.2, 0.25) is 0 Å². The van der Waals surface area contributed by atoms with Crippen molar-refractivity contribution in [2.24, 2.45) is 0 Å². The fourth-order valence-electron chi connectivity index (χ4n) is 2.43. The Hall–Kier alpha value is -1.89. The highest BCUT2D eigenvalue weighted by molar-refractivity contribution is 14.1. The van der Waals surface area contributed by atoms with E-state index in [1.165, 1.54) is 30.3 Å². The van der Waals surface area contributed by atoms with Gasteiger partial charge in [0.05, 0.1) is 11.1 Å². The lowest BCUT2D eigenvalue weighted by Gasteiger charge is -2.13. The van der Waals surface area contributed by atoms with Crippen LogP contribution in [0.1, 0.15) is 0 Å². The van der Waals surface area contributed by atoms with Crippen molar-refractivity contribution in [1.29, 1.82) is 0 Å². The standard InChI is InChI=1S/C18H9F4I/c19-12-6-2-7-13(20)16(12)10-4-1-5-11(18(10)23)17-14(21)8-3-9-15(17)22/h1-9H. The average Bonchev–Trinajstić information content (AvgIpc) is 2.50. The van der Waals surface area contributed by atoms with Crippen LogP contribution in [0, 0.1) is 26.8 Å². The molecule has 5 heteroatoms. The molecular formula is C18H9F4I. The number of hydrogen-bond acceptors (Lipinski definition) is 0. The smallest absolute Gasteiger partial charge is 0.134 e. The summed E-state index contributed by atoms with van der Waals surface area (Å²) < 4.78 is 56.4. The first kappa shape index (κ1) is 16.0. The third kappa shape index (κ3) is 2.85. The molecule has 0 spiro atoms. The van der Waals surface area contributed by atoms with Crippen LogP contribution in [0.15, 0.2) is 54.6 Å². The zero-order valence-corrected chi connectivity index (χ0v) is 13.7. The van der Waals surface area contributed by atoms with E-state index in [1.54, 1.807) is 0 Å². The van der Waals surface area contributed by atoms with E-state index in [-0.39, 0.29) is 22.3 Å². The normalized spacial score (nSPS) is 10.8. The van der Waals surface area contributed by atoms with Crippen LogP contribution in [0.2, 0.25) is 0 Å². The van der Waals surface area contributed by atoms with Crippen LogP contribution in [0.25, 0.3) is 22.3 Å². The van der Waals surface area contributed by atoms with Crippen LogP contribution in [0.5, 0.6) is 0 Å². The zero-order chi connectivity index (χ0) is 16.6. The molecule has 0 amide bonds. The third-order valence-electron chi connectivity index (χ3n) is 3.46. The number of halogens is 5. The van der Waals surface area contributed by atoms with Crippen molar-refractivity contribution in [3.63, 3.8) is 0 Å². The molecule has 116 valence electrons. The molecule has 0 aliphatic carbocycles. The summed E-state index contributed by atoms with van der Waals surface area (Å²) in [7, 11) is 0. The zero-order valence-electron chi connectivity index (χ0n) is 11.6. The molecule has 0 saturated heterocycles. The van der Waals surface area contributed by atoms with Crippen molar-refractivity contribution < 1.29 is 17.6 Å². The average molecular weight is 428 g/mol. The van der Waals surface area contributed by atoms with E-state index in [0.717, 1.165) is 24.3 Å². The lowest BCUT2D eigenvalue weighted by molar-refractivity contribution is 0.589. The molecule has 0 nitrogen and oxygen atoms in total. The largest absolute Gasteiger partial charge is 0.206 e. The van der Waals surface area contributed by atoms with Gasteiger partial charge >= 0.3 is 0 Å². The van der Waals surface area contributed by atoms with Crippen LogP contribution in [0.4, 0.5) is 17.6 Å². The second-order valence-electron chi connectivity index (χ2n) is 4.86. The molecule has 0 bridgehead atoms. The van der Waals surface area contributed by atoms with E-state index >= 15 is 0 Å². The molecule has 0 unspecified atom stereocenters. The molecule has 3 aromatic rings. The maximum Gasteiger partial charge on any atom is 0.134 e. The first-order valence-corrected chi connectivity index (χ1v) is 7.76. The number of rotatable bonds is 2. The molecule has 3 aromatic carbocycles. The van der Waals surface area contributed by atoms with Crippen LogP contribution >= 0.6 is 22.6 Å².